The normalized spacial score (nSPS) is 12.4. The highest BCUT2D eigenvalue weighted by Crippen LogP contribution is 2.18. The third kappa shape index (κ3) is 7.68. The number of pyridine rings is 1. The molecule has 0 amide bonds. The van der Waals surface area contributed by atoms with Crippen molar-refractivity contribution in [2.45, 2.75) is 25.9 Å². The maximum atomic E-state index is 9.35. The van der Waals surface area contributed by atoms with E-state index in [0.717, 1.165) is 42.7 Å². The van der Waals surface area contributed by atoms with E-state index in [9.17, 15) is 10.2 Å². The number of rotatable bonds is 12. The van der Waals surface area contributed by atoms with Gasteiger partial charge in [0.1, 0.15) is 6.10 Å². The van der Waals surface area contributed by atoms with Crippen LogP contribution >= 0.6 is 0 Å². The predicted octanol–water partition coefficient (Wildman–Crippen LogP) is 2.93. The van der Waals surface area contributed by atoms with Gasteiger partial charge in [0.2, 0.25) is 5.88 Å². The minimum absolute atomic E-state index is 0.0172. The molecule has 0 aliphatic heterocycles. The fraction of sp³-hybridized carbons (Fsp3) is 0.409. The molecule has 2 aromatic rings. The quantitative estimate of drug-likeness (QED) is 0.486. The highest BCUT2D eigenvalue weighted by Gasteiger charge is 2.07. The monoisotopic (exact) mass is 386 g/mol. The number of hydrogen-bond donors (Lipinski definition) is 3. The predicted molar refractivity (Wildman–Crippen MR) is 112 cm³/mol. The number of nitrogens with zero attached hydrogens (tertiary/aromatic N) is 2. The Morgan fingerprint density at radius 3 is 2.43 bits per heavy atom. The van der Waals surface area contributed by atoms with Crippen LogP contribution < -0.4 is 4.90 Å². The number of benzene rings is 1. The fourth-order valence-electron chi connectivity index (χ4n) is 2.65. The fourth-order valence-corrected chi connectivity index (χ4v) is 2.65. The summed E-state index contributed by atoms with van der Waals surface area (Å²) >= 11 is 0. The van der Waals surface area contributed by atoms with Gasteiger partial charge in [0.05, 0.1) is 19.8 Å². The summed E-state index contributed by atoms with van der Waals surface area (Å²) in [6.45, 7) is 4.20. The third-order valence-electron chi connectivity index (χ3n) is 4.31. The van der Waals surface area contributed by atoms with Crippen molar-refractivity contribution in [3.8, 4) is 5.88 Å². The SMILES string of the molecule is CCCCN(CCOCC(O)CO)c1ccc(/C=C/c2ccc(O)nc2)cc1. The first kappa shape index (κ1) is 21.9. The maximum absolute atomic E-state index is 9.35. The Kier molecular flexibility index (Phi) is 9.48. The topological polar surface area (TPSA) is 86.1 Å². The molecule has 1 unspecified atom stereocenters. The molecule has 2 rings (SSSR count). The van der Waals surface area contributed by atoms with Crippen molar-refractivity contribution >= 4 is 17.8 Å². The van der Waals surface area contributed by atoms with Gasteiger partial charge < -0.3 is 25.0 Å². The minimum atomic E-state index is -0.820. The van der Waals surface area contributed by atoms with E-state index in [1.807, 2.05) is 18.2 Å². The van der Waals surface area contributed by atoms with Gasteiger partial charge in [-0.1, -0.05) is 37.6 Å². The van der Waals surface area contributed by atoms with Crippen molar-refractivity contribution < 1.29 is 20.1 Å². The van der Waals surface area contributed by atoms with Crippen LogP contribution in [0.1, 0.15) is 30.9 Å². The molecule has 0 spiro atoms. The van der Waals surface area contributed by atoms with Crippen LogP contribution in [0.25, 0.3) is 12.2 Å². The number of ether oxygens (including phenoxy) is 1. The van der Waals surface area contributed by atoms with Gasteiger partial charge in [-0.05, 0) is 35.7 Å². The molecule has 0 radical (unpaired) electrons. The van der Waals surface area contributed by atoms with Gasteiger partial charge in [0.25, 0.3) is 0 Å². The van der Waals surface area contributed by atoms with Gasteiger partial charge in [-0.3, -0.25) is 0 Å². The molecule has 6 nitrogen and oxygen atoms in total. The van der Waals surface area contributed by atoms with Crippen molar-refractivity contribution in [1.29, 1.82) is 0 Å². The van der Waals surface area contributed by atoms with E-state index in [4.69, 9.17) is 9.84 Å². The summed E-state index contributed by atoms with van der Waals surface area (Å²) in [5, 5.41) is 27.4. The van der Waals surface area contributed by atoms with Crippen molar-refractivity contribution in [3.05, 3.63) is 53.7 Å². The Labute approximate surface area is 166 Å². The number of aromatic hydroxyl groups is 1. The van der Waals surface area contributed by atoms with Gasteiger partial charge in [-0.25, -0.2) is 4.98 Å². The zero-order valence-electron chi connectivity index (χ0n) is 16.4. The highest BCUT2D eigenvalue weighted by atomic mass is 16.5. The molecule has 1 atom stereocenters. The number of anilines is 1. The summed E-state index contributed by atoms with van der Waals surface area (Å²) in [5.41, 5.74) is 3.13. The van der Waals surface area contributed by atoms with Gasteiger partial charge in [0, 0.05) is 31.0 Å². The van der Waals surface area contributed by atoms with Crippen LogP contribution in [-0.4, -0.2) is 59.3 Å². The molecular formula is C22H30N2O4. The lowest BCUT2D eigenvalue weighted by molar-refractivity contribution is 0.00840. The summed E-state index contributed by atoms with van der Waals surface area (Å²) in [6.07, 6.45) is 6.97. The average molecular weight is 386 g/mol. The summed E-state index contributed by atoms with van der Waals surface area (Å²) in [5.74, 6) is 0.0172. The Morgan fingerprint density at radius 1 is 1.07 bits per heavy atom. The number of aromatic nitrogens is 1. The Bertz CT molecular complexity index is 701. The molecule has 1 heterocycles. The molecule has 0 fully saturated rings. The lowest BCUT2D eigenvalue weighted by atomic mass is 10.1. The minimum Gasteiger partial charge on any atom is -0.493 e. The molecule has 6 heteroatoms. The Balaban J connectivity index is 1.94. The van der Waals surface area contributed by atoms with Gasteiger partial charge in [-0.15, -0.1) is 0 Å². The van der Waals surface area contributed by atoms with Crippen LogP contribution in [-0.2, 0) is 4.74 Å². The molecule has 0 aliphatic rings. The molecule has 3 N–H and O–H groups in total. The molecular weight excluding hydrogens is 356 g/mol. The maximum Gasteiger partial charge on any atom is 0.210 e. The second-order valence-corrected chi connectivity index (χ2v) is 6.63. The lowest BCUT2D eigenvalue weighted by Crippen LogP contribution is -2.30. The number of unbranched alkanes of at least 4 members (excludes halogenated alkanes) is 1. The number of hydrogen-bond acceptors (Lipinski definition) is 6. The van der Waals surface area contributed by atoms with Gasteiger partial charge in [-0.2, -0.15) is 0 Å². The summed E-state index contributed by atoms with van der Waals surface area (Å²) in [7, 11) is 0. The first-order valence-corrected chi connectivity index (χ1v) is 9.67. The lowest BCUT2D eigenvalue weighted by Gasteiger charge is -2.25. The Morgan fingerprint density at radius 2 is 1.79 bits per heavy atom. The van der Waals surface area contributed by atoms with Crippen molar-refractivity contribution in [2.24, 2.45) is 0 Å². The summed E-state index contributed by atoms with van der Waals surface area (Å²) < 4.78 is 5.45. The van der Waals surface area contributed by atoms with E-state index in [2.05, 4.69) is 41.1 Å². The van der Waals surface area contributed by atoms with Crippen LogP contribution in [0.2, 0.25) is 0 Å². The number of aliphatic hydroxyl groups excluding tert-OH is 2. The van der Waals surface area contributed by atoms with Crippen molar-refractivity contribution in [1.82, 2.24) is 4.98 Å². The standard InChI is InChI=1S/C22H30N2O4/c1-2-3-12-24(13-14-28-17-21(26)16-25)20-9-6-18(7-10-20)4-5-19-8-11-22(27)23-15-19/h4-11,15,21,25-26H,2-3,12-14,16-17H2,1H3,(H,23,27)/b5-4+. The average Bonchev–Trinajstić information content (AvgIpc) is 2.73. The first-order chi connectivity index (χ1) is 13.6. The second kappa shape index (κ2) is 12.1. The van der Waals surface area contributed by atoms with Crippen LogP contribution in [0.3, 0.4) is 0 Å². The largest absolute Gasteiger partial charge is 0.493 e. The van der Waals surface area contributed by atoms with Gasteiger partial charge in [0.15, 0.2) is 0 Å². The zero-order chi connectivity index (χ0) is 20.2. The van der Waals surface area contributed by atoms with Gasteiger partial charge >= 0.3 is 0 Å². The molecule has 28 heavy (non-hydrogen) atoms. The molecule has 0 saturated carbocycles. The van der Waals surface area contributed by atoms with Crippen LogP contribution in [0.5, 0.6) is 5.88 Å². The summed E-state index contributed by atoms with van der Waals surface area (Å²) in [6, 6.07) is 11.7. The number of aliphatic hydroxyl groups is 2. The molecule has 1 aromatic heterocycles. The zero-order valence-corrected chi connectivity index (χ0v) is 16.4. The summed E-state index contributed by atoms with van der Waals surface area (Å²) in [4.78, 5) is 6.14. The molecule has 1 aromatic carbocycles. The molecule has 0 bridgehead atoms. The molecule has 0 saturated heterocycles. The van der Waals surface area contributed by atoms with E-state index in [-0.39, 0.29) is 19.1 Å². The molecule has 0 aliphatic carbocycles. The van der Waals surface area contributed by atoms with Crippen molar-refractivity contribution in [3.63, 3.8) is 0 Å². The highest BCUT2D eigenvalue weighted by molar-refractivity contribution is 5.70. The van der Waals surface area contributed by atoms with Crippen LogP contribution in [0.15, 0.2) is 42.6 Å². The van der Waals surface area contributed by atoms with E-state index in [1.165, 1.54) is 0 Å². The van der Waals surface area contributed by atoms with E-state index >= 15 is 0 Å². The van der Waals surface area contributed by atoms with E-state index in [1.54, 1.807) is 12.3 Å². The smallest absolute Gasteiger partial charge is 0.210 e. The second-order valence-electron chi connectivity index (χ2n) is 6.63. The van der Waals surface area contributed by atoms with Crippen LogP contribution in [0.4, 0.5) is 5.69 Å². The Hall–Kier alpha value is -2.41. The first-order valence-electron chi connectivity index (χ1n) is 9.67. The molecule has 152 valence electrons. The van der Waals surface area contributed by atoms with Crippen LogP contribution in [0, 0.1) is 0 Å². The third-order valence-corrected chi connectivity index (χ3v) is 4.31. The van der Waals surface area contributed by atoms with Crippen molar-refractivity contribution in [2.75, 3.05) is 37.8 Å². The van der Waals surface area contributed by atoms with E-state index in [0.29, 0.717) is 6.61 Å². The van der Waals surface area contributed by atoms with E-state index < -0.39 is 6.10 Å².